The maximum atomic E-state index is 13.1. The van der Waals surface area contributed by atoms with E-state index in [1.165, 1.54) is 12.1 Å². The van der Waals surface area contributed by atoms with E-state index in [0.29, 0.717) is 13.2 Å². The van der Waals surface area contributed by atoms with Crippen LogP contribution >= 0.6 is 0 Å². The van der Waals surface area contributed by atoms with Crippen LogP contribution in [0.2, 0.25) is 0 Å². The van der Waals surface area contributed by atoms with Gasteiger partial charge < -0.3 is 10.5 Å². The first-order valence-corrected chi connectivity index (χ1v) is 8.46. The van der Waals surface area contributed by atoms with E-state index in [0.717, 1.165) is 28.9 Å². The van der Waals surface area contributed by atoms with Gasteiger partial charge in [0.05, 0.1) is 0 Å². The van der Waals surface area contributed by atoms with Gasteiger partial charge in [-0.1, -0.05) is 54.6 Å². The molecule has 0 bridgehead atoms. The minimum atomic E-state index is -0.218. The molecule has 3 aromatic carbocycles. The van der Waals surface area contributed by atoms with Crippen LogP contribution in [0.4, 0.5) is 4.39 Å². The lowest BCUT2D eigenvalue weighted by Gasteiger charge is -2.17. The summed E-state index contributed by atoms with van der Waals surface area (Å²) in [5.41, 5.74) is 9.33. The van der Waals surface area contributed by atoms with Crippen LogP contribution in [-0.2, 0) is 13.0 Å². The summed E-state index contributed by atoms with van der Waals surface area (Å²) >= 11 is 0. The molecule has 0 aliphatic heterocycles. The van der Waals surface area contributed by atoms with E-state index < -0.39 is 0 Å². The zero-order valence-corrected chi connectivity index (χ0v) is 14.1. The standard InChI is InChI=1S/C22H22FNO/c23-21-11-9-17(10-12-21)13-20(15-24)19-7-4-8-22(14-19)25-16-18-5-2-1-3-6-18/h1-12,14,20H,13,15-16,24H2. The third-order valence-corrected chi connectivity index (χ3v) is 4.26. The molecule has 0 heterocycles. The largest absolute Gasteiger partial charge is 0.489 e. The van der Waals surface area contributed by atoms with Gasteiger partial charge in [0.1, 0.15) is 18.2 Å². The van der Waals surface area contributed by atoms with Crippen LogP contribution in [0.25, 0.3) is 0 Å². The minimum Gasteiger partial charge on any atom is -0.489 e. The Balaban J connectivity index is 1.69. The van der Waals surface area contributed by atoms with Gasteiger partial charge in [0.15, 0.2) is 0 Å². The minimum absolute atomic E-state index is 0.172. The highest BCUT2D eigenvalue weighted by Gasteiger charge is 2.12. The van der Waals surface area contributed by atoms with Crippen molar-refractivity contribution in [1.29, 1.82) is 0 Å². The Hall–Kier alpha value is -2.65. The van der Waals surface area contributed by atoms with Crippen LogP contribution in [0.1, 0.15) is 22.6 Å². The molecular formula is C22H22FNO. The second-order valence-corrected chi connectivity index (χ2v) is 6.11. The summed E-state index contributed by atoms with van der Waals surface area (Å²) in [7, 11) is 0. The molecule has 1 atom stereocenters. The molecule has 3 heteroatoms. The van der Waals surface area contributed by atoms with Crippen molar-refractivity contribution < 1.29 is 9.13 Å². The lowest BCUT2D eigenvalue weighted by Crippen LogP contribution is -2.15. The first-order valence-electron chi connectivity index (χ1n) is 8.46. The van der Waals surface area contributed by atoms with Crippen molar-refractivity contribution in [3.05, 3.63) is 101 Å². The Labute approximate surface area is 148 Å². The Morgan fingerprint density at radius 3 is 2.32 bits per heavy atom. The predicted octanol–water partition coefficient (Wildman–Crippen LogP) is 4.69. The van der Waals surface area contributed by atoms with Gasteiger partial charge in [0.25, 0.3) is 0 Å². The molecule has 128 valence electrons. The van der Waals surface area contributed by atoms with E-state index in [1.807, 2.05) is 60.7 Å². The molecule has 0 saturated heterocycles. The van der Waals surface area contributed by atoms with Crippen molar-refractivity contribution >= 4 is 0 Å². The van der Waals surface area contributed by atoms with E-state index in [1.54, 1.807) is 0 Å². The van der Waals surface area contributed by atoms with Gasteiger partial charge in [0, 0.05) is 5.92 Å². The molecule has 0 spiro atoms. The quantitative estimate of drug-likeness (QED) is 0.680. The van der Waals surface area contributed by atoms with E-state index in [-0.39, 0.29) is 11.7 Å². The van der Waals surface area contributed by atoms with Gasteiger partial charge in [-0.05, 0) is 53.9 Å². The van der Waals surface area contributed by atoms with Crippen LogP contribution in [0.15, 0.2) is 78.9 Å². The van der Waals surface area contributed by atoms with Crippen molar-refractivity contribution in [2.75, 3.05) is 6.54 Å². The SMILES string of the molecule is NCC(Cc1ccc(F)cc1)c1cccc(OCc2ccccc2)c1. The average Bonchev–Trinajstić information content (AvgIpc) is 2.67. The van der Waals surface area contributed by atoms with E-state index in [2.05, 4.69) is 6.07 Å². The summed E-state index contributed by atoms with van der Waals surface area (Å²) in [5, 5.41) is 0. The summed E-state index contributed by atoms with van der Waals surface area (Å²) in [4.78, 5) is 0. The first kappa shape index (κ1) is 17.2. The second kappa shape index (κ2) is 8.45. The average molecular weight is 335 g/mol. The third kappa shape index (κ3) is 4.91. The normalized spacial score (nSPS) is 11.9. The van der Waals surface area contributed by atoms with Crippen LogP contribution in [0, 0.1) is 5.82 Å². The van der Waals surface area contributed by atoms with Gasteiger partial charge in [-0.3, -0.25) is 0 Å². The highest BCUT2D eigenvalue weighted by atomic mass is 19.1. The summed E-state index contributed by atoms with van der Waals surface area (Å²) in [6.07, 6.45) is 0.777. The first-order chi connectivity index (χ1) is 12.2. The molecule has 3 rings (SSSR count). The molecule has 0 fully saturated rings. The monoisotopic (exact) mass is 335 g/mol. The number of ether oxygens (including phenoxy) is 1. The van der Waals surface area contributed by atoms with Gasteiger partial charge in [0.2, 0.25) is 0 Å². The fourth-order valence-electron chi connectivity index (χ4n) is 2.84. The molecule has 25 heavy (non-hydrogen) atoms. The molecule has 3 aromatic rings. The van der Waals surface area contributed by atoms with Gasteiger partial charge >= 0.3 is 0 Å². The fourth-order valence-corrected chi connectivity index (χ4v) is 2.84. The maximum absolute atomic E-state index is 13.1. The van der Waals surface area contributed by atoms with E-state index in [4.69, 9.17) is 10.5 Å². The van der Waals surface area contributed by atoms with Gasteiger partial charge in [-0.2, -0.15) is 0 Å². The predicted molar refractivity (Wildman–Crippen MR) is 99.1 cm³/mol. The lowest BCUT2D eigenvalue weighted by molar-refractivity contribution is 0.305. The van der Waals surface area contributed by atoms with Crippen molar-refractivity contribution in [2.24, 2.45) is 5.73 Å². The molecule has 2 N–H and O–H groups in total. The van der Waals surface area contributed by atoms with E-state index >= 15 is 0 Å². The number of hydrogen-bond acceptors (Lipinski definition) is 2. The number of hydrogen-bond donors (Lipinski definition) is 1. The number of halogens is 1. The Kier molecular flexibility index (Phi) is 5.81. The number of benzene rings is 3. The molecule has 0 amide bonds. The second-order valence-electron chi connectivity index (χ2n) is 6.11. The van der Waals surface area contributed by atoms with Gasteiger partial charge in [-0.15, -0.1) is 0 Å². The summed E-state index contributed by atoms with van der Waals surface area (Å²) in [6.45, 7) is 1.06. The van der Waals surface area contributed by atoms with E-state index in [9.17, 15) is 4.39 Å². The Bertz CT molecular complexity index is 787. The molecule has 0 aliphatic rings. The molecule has 0 radical (unpaired) electrons. The highest BCUT2D eigenvalue weighted by molar-refractivity contribution is 5.33. The topological polar surface area (TPSA) is 35.2 Å². The molecule has 0 aliphatic carbocycles. The Morgan fingerprint density at radius 1 is 0.840 bits per heavy atom. The van der Waals surface area contributed by atoms with Crippen molar-refractivity contribution in [2.45, 2.75) is 18.9 Å². The Morgan fingerprint density at radius 2 is 1.60 bits per heavy atom. The van der Waals surface area contributed by atoms with Crippen LogP contribution in [0.5, 0.6) is 5.75 Å². The molecule has 0 saturated carbocycles. The summed E-state index contributed by atoms with van der Waals surface area (Å²) in [5.74, 6) is 0.786. The number of nitrogens with two attached hydrogens (primary N) is 1. The lowest BCUT2D eigenvalue weighted by atomic mass is 9.92. The zero-order valence-electron chi connectivity index (χ0n) is 14.1. The highest BCUT2D eigenvalue weighted by Crippen LogP contribution is 2.24. The zero-order chi connectivity index (χ0) is 17.5. The van der Waals surface area contributed by atoms with Crippen LogP contribution in [-0.4, -0.2) is 6.54 Å². The molecule has 0 aromatic heterocycles. The van der Waals surface area contributed by atoms with Gasteiger partial charge in [-0.25, -0.2) is 4.39 Å². The smallest absolute Gasteiger partial charge is 0.123 e. The van der Waals surface area contributed by atoms with Crippen LogP contribution < -0.4 is 10.5 Å². The summed E-state index contributed by atoms with van der Waals surface area (Å²) < 4.78 is 19.0. The van der Waals surface area contributed by atoms with Crippen molar-refractivity contribution in [3.63, 3.8) is 0 Å². The molecular weight excluding hydrogens is 313 g/mol. The van der Waals surface area contributed by atoms with Crippen molar-refractivity contribution in [1.82, 2.24) is 0 Å². The van der Waals surface area contributed by atoms with Crippen molar-refractivity contribution in [3.8, 4) is 5.75 Å². The van der Waals surface area contributed by atoms with Crippen LogP contribution in [0.3, 0.4) is 0 Å². The maximum Gasteiger partial charge on any atom is 0.123 e. The number of rotatable bonds is 7. The fraction of sp³-hybridized carbons (Fsp3) is 0.182. The summed E-state index contributed by atoms with van der Waals surface area (Å²) in [6, 6.07) is 24.7. The molecule has 1 unspecified atom stereocenters. The third-order valence-electron chi connectivity index (χ3n) is 4.26. The molecule has 2 nitrogen and oxygen atoms in total.